The number of rotatable bonds is 5. The third kappa shape index (κ3) is 5.41. The lowest BCUT2D eigenvalue weighted by atomic mass is 9.96. The highest BCUT2D eigenvalue weighted by molar-refractivity contribution is 6.32. The van der Waals surface area contributed by atoms with E-state index in [1.54, 1.807) is 26.1 Å². The van der Waals surface area contributed by atoms with Crippen LogP contribution >= 0.6 is 11.6 Å². The van der Waals surface area contributed by atoms with E-state index in [9.17, 15) is 18.0 Å². The molecule has 1 unspecified atom stereocenters. The smallest absolute Gasteiger partial charge is 0.490 e. The first-order valence-electron chi connectivity index (χ1n) is 8.97. The SMILES string of the molecule is COc1cn(/C=C2/C=CC(OC(F)(F)F)=CC2C)c(NC2=C(C)C(Cl)=C=C=C2)nc1=O. The molecule has 1 heterocycles. The van der Waals surface area contributed by atoms with Crippen LogP contribution in [-0.4, -0.2) is 23.0 Å². The second kappa shape index (κ2) is 8.78. The van der Waals surface area contributed by atoms with Crippen LogP contribution in [0.5, 0.6) is 5.75 Å². The number of halogens is 4. The summed E-state index contributed by atoms with van der Waals surface area (Å²) in [6.45, 7) is 3.47. The number of nitrogens with zero attached hydrogens (tertiary/aromatic N) is 2. The van der Waals surface area contributed by atoms with E-state index in [0.29, 0.717) is 21.9 Å². The Balaban J connectivity index is 1.99. The summed E-state index contributed by atoms with van der Waals surface area (Å²) in [5.74, 6) is -0.558. The van der Waals surface area contributed by atoms with E-state index in [1.807, 2.05) is 0 Å². The maximum atomic E-state index is 12.5. The zero-order valence-electron chi connectivity index (χ0n) is 16.7. The zero-order chi connectivity index (χ0) is 22.8. The molecule has 0 fully saturated rings. The third-order valence-electron chi connectivity index (χ3n) is 4.42. The molecule has 2 aliphatic carbocycles. The Morgan fingerprint density at radius 1 is 1.35 bits per heavy atom. The second-order valence-electron chi connectivity index (χ2n) is 6.60. The number of ether oxygens (including phenoxy) is 2. The number of hydrogen-bond donors (Lipinski definition) is 1. The lowest BCUT2D eigenvalue weighted by Gasteiger charge is -2.19. The van der Waals surface area contributed by atoms with Gasteiger partial charge < -0.3 is 14.8 Å². The van der Waals surface area contributed by atoms with Crippen molar-refractivity contribution in [3.63, 3.8) is 0 Å². The molecule has 0 bridgehead atoms. The van der Waals surface area contributed by atoms with E-state index in [-0.39, 0.29) is 17.5 Å². The highest BCUT2D eigenvalue weighted by atomic mass is 35.5. The van der Waals surface area contributed by atoms with Gasteiger partial charge >= 0.3 is 11.9 Å². The van der Waals surface area contributed by atoms with Crippen LogP contribution in [0.4, 0.5) is 19.1 Å². The monoisotopic (exact) mass is 451 g/mol. The fourth-order valence-corrected chi connectivity index (χ4v) is 2.93. The number of alkyl halides is 3. The molecular formula is C21H17ClF3N3O3. The van der Waals surface area contributed by atoms with Crippen molar-refractivity contribution < 1.29 is 22.6 Å². The molecule has 162 valence electrons. The van der Waals surface area contributed by atoms with E-state index >= 15 is 0 Å². The quantitative estimate of drug-likeness (QED) is 0.648. The summed E-state index contributed by atoms with van der Waals surface area (Å²) in [7, 11) is 1.33. The molecule has 0 spiro atoms. The first-order chi connectivity index (χ1) is 14.6. The Labute approximate surface area is 180 Å². The lowest BCUT2D eigenvalue weighted by Crippen LogP contribution is -2.18. The summed E-state index contributed by atoms with van der Waals surface area (Å²) in [4.78, 5) is 16.2. The number of aromatic nitrogens is 2. The molecule has 3 rings (SSSR count). The average Bonchev–Trinajstić information content (AvgIpc) is 2.68. The molecule has 10 heteroatoms. The molecule has 0 amide bonds. The van der Waals surface area contributed by atoms with Gasteiger partial charge in [-0.15, -0.1) is 13.2 Å². The summed E-state index contributed by atoms with van der Waals surface area (Å²) in [5.41, 5.74) is 6.77. The Morgan fingerprint density at radius 2 is 2.10 bits per heavy atom. The van der Waals surface area contributed by atoms with Gasteiger partial charge in [-0.05, 0) is 30.4 Å². The summed E-state index contributed by atoms with van der Waals surface area (Å²) in [6, 6.07) is 0. The van der Waals surface area contributed by atoms with Crippen molar-refractivity contribution in [2.75, 3.05) is 12.4 Å². The fraction of sp³-hybridized carbons (Fsp3) is 0.238. The van der Waals surface area contributed by atoms with Gasteiger partial charge in [0, 0.05) is 23.8 Å². The molecule has 6 nitrogen and oxygen atoms in total. The van der Waals surface area contributed by atoms with Crippen molar-refractivity contribution in [3.05, 3.63) is 80.0 Å². The minimum absolute atomic E-state index is 0.00538. The van der Waals surface area contributed by atoms with Crippen LogP contribution in [0.1, 0.15) is 13.8 Å². The Morgan fingerprint density at radius 3 is 2.74 bits per heavy atom. The highest BCUT2D eigenvalue weighted by Gasteiger charge is 2.32. The van der Waals surface area contributed by atoms with Crippen LogP contribution < -0.4 is 15.6 Å². The maximum absolute atomic E-state index is 12.5. The van der Waals surface area contributed by atoms with Crippen LogP contribution in [0.2, 0.25) is 0 Å². The Bertz CT molecular complexity index is 1190. The van der Waals surface area contributed by atoms with Crippen molar-refractivity contribution in [2.24, 2.45) is 5.92 Å². The molecule has 1 N–H and O–H groups in total. The van der Waals surface area contributed by atoms with Gasteiger partial charge in [-0.3, -0.25) is 9.36 Å². The summed E-state index contributed by atoms with van der Waals surface area (Å²) >= 11 is 6.08. The Kier molecular flexibility index (Phi) is 6.32. The second-order valence-corrected chi connectivity index (χ2v) is 6.98. The molecule has 1 aromatic heterocycles. The van der Waals surface area contributed by atoms with E-state index < -0.39 is 17.8 Å². The van der Waals surface area contributed by atoms with Gasteiger partial charge in [-0.25, -0.2) is 0 Å². The molecule has 0 saturated heterocycles. The predicted octanol–water partition coefficient (Wildman–Crippen LogP) is 4.85. The molecule has 0 aromatic carbocycles. The van der Waals surface area contributed by atoms with Crippen molar-refractivity contribution in [1.82, 2.24) is 9.55 Å². The van der Waals surface area contributed by atoms with E-state index in [4.69, 9.17) is 16.3 Å². The van der Waals surface area contributed by atoms with Crippen LogP contribution in [-0.2, 0) is 4.74 Å². The normalized spacial score (nSPS) is 19.5. The maximum Gasteiger partial charge on any atom is 0.573 e. The number of allylic oxidation sites excluding steroid dienone is 7. The van der Waals surface area contributed by atoms with Gasteiger partial charge in [-0.2, -0.15) is 4.98 Å². The van der Waals surface area contributed by atoms with Crippen molar-refractivity contribution >= 4 is 23.7 Å². The van der Waals surface area contributed by atoms with Gasteiger partial charge in [0.2, 0.25) is 11.7 Å². The zero-order valence-corrected chi connectivity index (χ0v) is 17.4. The lowest BCUT2D eigenvalue weighted by molar-refractivity contribution is -0.303. The molecule has 0 aliphatic heterocycles. The minimum atomic E-state index is -4.77. The minimum Gasteiger partial charge on any atom is -0.490 e. The molecular weight excluding hydrogens is 435 g/mol. The summed E-state index contributed by atoms with van der Waals surface area (Å²) < 4.78 is 47.9. The van der Waals surface area contributed by atoms with Crippen LogP contribution in [0.3, 0.4) is 0 Å². The van der Waals surface area contributed by atoms with Crippen LogP contribution in [0, 0.1) is 5.92 Å². The summed E-state index contributed by atoms with van der Waals surface area (Å²) in [6.07, 6.45) is 3.92. The molecule has 1 atom stereocenters. The molecule has 0 saturated carbocycles. The largest absolute Gasteiger partial charge is 0.573 e. The van der Waals surface area contributed by atoms with Crippen molar-refractivity contribution in [1.29, 1.82) is 0 Å². The van der Waals surface area contributed by atoms with Gasteiger partial charge in [0.05, 0.1) is 24.0 Å². The molecule has 0 radical (unpaired) electrons. The average molecular weight is 452 g/mol. The highest BCUT2D eigenvalue weighted by Crippen LogP contribution is 2.29. The van der Waals surface area contributed by atoms with Gasteiger partial charge in [0.25, 0.3) is 0 Å². The molecule has 1 aromatic rings. The standard InChI is InChI=1S/C21H17ClF3N3O3/c1-12-9-15(31-21(23,24)25)8-7-14(12)10-28-11-18(30-3)19(29)27-20(28)26-17-6-4-5-16(22)13(17)2/h6-12H,1-3H3,(H,26,27,29)/b14-10-. The number of hydrogen-bond acceptors (Lipinski definition) is 5. The topological polar surface area (TPSA) is 65.4 Å². The first-order valence-corrected chi connectivity index (χ1v) is 9.35. The third-order valence-corrected chi connectivity index (χ3v) is 4.80. The van der Waals surface area contributed by atoms with Gasteiger partial charge in [0.15, 0.2) is 0 Å². The number of methoxy groups -OCH3 is 1. The van der Waals surface area contributed by atoms with E-state index in [2.05, 4.69) is 26.5 Å². The van der Waals surface area contributed by atoms with Crippen molar-refractivity contribution in [2.45, 2.75) is 20.2 Å². The van der Waals surface area contributed by atoms with Gasteiger partial charge in [0.1, 0.15) is 5.76 Å². The van der Waals surface area contributed by atoms with Crippen LogP contribution in [0.25, 0.3) is 6.20 Å². The number of anilines is 1. The first kappa shape index (κ1) is 22.3. The van der Waals surface area contributed by atoms with E-state index in [1.165, 1.54) is 36.1 Å². The van der Waals surface area contributed by atoms with Crippen LogP contribution in [0.15, 0.2) is 74.4 Å². The predicted molar refractivity (Wildman–Crippen MR) is 110 cm³/mol. The van der Waals surface area contributed by atoms with E-state index in [0.717, 1.165) is 0 Å². The fourth-order valence-electron chi connectivity index (χ4n) is 2.78. The van der Waals surface area contributed by atoms with Gasteiger partial charge in [-0.1, -0.05) is 30.3 Å². The van der Waals surface area contributed by atoms with Crippen molar-refractivity contribution in [3.8, 4) is 5.75 Å². The summed E-state index contributed by atoms with van der Waals surface area (Å²) in [5, 5.41) is 3.38. The number of nitrogens with one attached hydrogen (secondary N) is 1. The molecule has 31 heavy (non-hydrogen) atoms. The molecule has 2 aliphatic rings. The Hall–Kier alpha value is -3.38.